The molecule has 0 aromatic heterocycles. The highest BCUT2D eigenvalue weighted by atomic mass is 32.2. The highest BCUT2D eigenvalue weighted by Gasteiger charge is 2.18. The minimum absolute atomic E-state index is 0.132. The minimum atomic E-state index is -3.79. The van der Waals surface area contributed by atoms with Crippen molar-refractivity contribution in [3.63, 3.8) is 0 Å². The van der Waals surface area contributed by atoms with Crippen molar-refractivity contribution < 1.29 is 17.9 Å². The highest BCUT2D eigenvalue weighted by Crippen LogP contribution is 2.28. The van der Waals surface area contributed by atoms with Gasteiger partial charge in [0.2, 0.25) is 0 Å². The molecule has 0 atom stereocenters. The first kappa shape index (κ1) is 18.2. The molecule has 0 unspecified atom stereocenters. The molecule has 6 nitrogen and oxygen atoms in total. The first-order valence-corrected chi connectivity index (χ1v) is 9.69. The van der Waals surface area contributed by atoms with Crippen LogP contribution in [0.15, 0.2) is 52.3 Å². The Morgan fingerprint density at radius 3 is 2.33 bits per heavy atom. The maximum Gasteiger partial charge on any atom is 0.262 e. The predicted octanol–water partition coefficient (Wildman–Crippen LogP) is 2.58. The van der Waals surface area contributed by atoms with Gasteiger partial charge in [-0.1, -0.05) is 0 Å². The lowest BCUT2D eigenvalue weighted by Gasteiger charge is -2.13. The quantitative estimate of drug-likeness (QED) is 0.768. The monoisotopic (exact) mass is 366 g/mol. The number of thioether (sulfide) groups is 1. The van der Waals surface area contributed by atoms with Crippen molar-refractivity contribution in [3.8, 4) is 5.75 Å². The molecule has 128 valence electrons. The lowest BCUT2D eigenvalue weighted by atomic mass is 10.2. The van der Waals surface area contributed by atoms with Crippen LogP contribution in [0.5, 0.6) is 5.75 Å². The van der Waals surface area contributed by atoms with Crippen LogP contribution in [0.25, 0.3) is 0 Å². The van der Waals surface area contributed by atoms with Crippen LogP contribution in [0.2, 0.25) is 0 Å². The van der Waals surface area contributed by atoms with Crippen molar-refractivity contribution in [1.82, 2.24) is 5.32 Å². The maximum absolute atomic E-state index is 12.5. The summed E-state index contributed by atoms with van der Waals surface area (Å²) in [6.07, 6.45) is 1.91. The molecule has 2 aromatic carbocycles. The lowest BCUT2D eigenvalue weighted by Crippen LogP contribution is -2.19. The molecule has 2 N–H and O–H groups in total. The van der Waals surface area contributed by atoms with Gasteiger partial charge >= 0.3 is 0 Å². The molecule has 1 amide bonds. The molecule has 0 spiro atoms. The van der Waals surface area contributed by atoms with E-state index in [0.717, 1.165) is 4.90 Å². The average Bonchev–Trinajstić information content (AvgIpc) is 2.60. The Labute approximate surface area is 145 Å². The number of sulfonamides is 1. The van der Waals surface area contributed by atoms with E-state index in [4.69, 9.17) is 4.74 Å². The van der Waals surface area contributed by atoms with Gasteiger partial charge in [0.15, 0.2) is 0 Å². The molecule has 0 aliphatic rings. The van der Waals surface area contributed by atoms with Crippen LogP contribution in [0.1, 0.15) is 10.4 Å². The van der Waals surface area contributed by atoms with Crippen molar-refractivity contribution in [2.75, 3.05) is 25.1 Å². The number of carbonyl (C=O) groups is 1. The van der Waals surface area contributed by atoms with Gasteiger partial charge < -0.3 is 10.1 Å². The zero-order valence-electron chi connectivity index (χ0n) is 13.5. The summed E-state index contributed by atoms with van der Waals surface area (Å²) in [5, 5.41) is 2.49. The van der Waals surface area contributed by atoms with Crippen molar-refractivity contribution in [2.24, 2.45) is 0 Å². The zero-order chi connectivity index (χ0) is 17.7. The number of ether oxygens (including phenoxy) is 1. The van der Waals surface area contributed by atoms with Gasteiger partial charge in [0.05, 0.1) is 17.7 Å². The van der Waals surface area contributed by atoms with Crippen LogP contribution in [-0.2, 0) is 10.0 Å². The Bertz CT molecular complexity index is 834. The number of carbonyl (C=O) groups excluding carboxylic acids is 1. The van der Waals surface area contributed by atoms with Crippen LogP contribution in [-0.4, -0.2) is 34.7 Å². The topological polar surface area (TPSA) is 84.5 Å². The summed E-state index contributed by atoms with van der Waals surface area (Å²) >= 11 is 1.53. The van der Waals surface area contributed by atoms with Gasteiger partial charge in [0.1, 0.15) is 5.75 Å². The van der Waals surface area contributed by atoms with E-state index >= 15 is 0 Å². The lowest BCUT2D eigenvalue weighted by molar-refractivity contribution is 0.0963. The van der Waals surface area contributed by atoms with Gasteiger partial charge in [0, 0.05) is 17.5 Å². The van der Waals surface area contributed by atoms with E-state index in [1.54, 1.807) is 24.3 Å². The van der Waals surface area contributed by atoms with Crippen LogP contribution < -0.4 is 14.8 Å². The number of rotatable bonds is 6. The molecule has 0 fully saturated rings. The van der Waals surface area contributed by atoms with Crippen LogP contribution in [0, 0.1) is 0 Å². The van der Waals surface area contributed by atoms with Gasteiger partial charge in [-0.05, 0) is 48.7 Å². The molecule has 0 heterocycles. The largest absolute Gasteiger partial charge is 0.495 e. The average molecular weight is 366 g/mol. The van der Waals surface area contributed by atoms with E-state index in [2.05, 4.69) is 10.0 Å². The molecule has 0 saturated heterocycles. The molecule has 2 aromatic rings. The van der Waals surface area contributed by atoms with Crippen molar-refractivity contribution in [3.05, 3.63) is 48.0 Å². The van der Waals surface area contributed by atoms with E-state index < -0.39 is 10.0 Å². The Kier molecular flexibility index (Phi) is 5.74. The number of hydrogen-bond acceptors (Lipinski definition) is 5. The third-order valence-electron chi connectivity index (χ3n) is 3.30. The highest BCUT2D eigenvalue weighted by molar-refractivity contribution is 7.98. The molecule has 0 radical (unpaired) electrons. The summed E-state index contributed by atoms with van der Waals surface area (Å²) in [6, 6.07) is 11.1. The normalized spacial score (nSPS) is 11.0. The number of anilines is 1. The van der Waals surface area contributed by atoms with Gasteiger partial charge in [-0.2, -0.15) is 0 Å². The number of benzene rings is 2. The molecule has 8 heteroatoms. The molecule has 0 aliphatic heterocycles. The third kappa shape index (κ3) is 4.01. The summed E-state index contributed by atoms with van der Waals surface area (Å²) in [5.74, 6) is 0.00869. The van der Waals surface area contributed by atoms with Crippen LogP contribution >= 0.6 is 11.8 Å². The minimum Gasteiger partial charge on any atom is -0.495 e. The summed E-state index contributed by atoms with van der Waals surface area (Å²) < 4.78 is 32.7. The molecule has 0 saturated carbocycles. The molecule has 2 rings (SSSR count). The van der Waals surface area contributed by atoms with E-state index in [9.17, 15) is 13.2 Å². The Hall–Kier alpha value is -2.19. The fourth-order valence-electron chi connectivity index (χ4n) is 2.03. The van der Waals surface area contributed by atoms with Gasteiger partial charge in [0.25, 0.3) is 15.9 Å². The SMILES string of the molecule is CNC(=O)c1ccc(OC)c(NS(=O)(=O)c2ccc(SC)cc2)c1. The number of amides is 1. The third-order valence-corrected chi connectivity index (χ3v) is 5.43. The second kappa shape index (κ2) is 7.59. The standard InChI is InChI=1S/C16H18N2O4S2/c1-17-16(19)11-4-9-15(22-2)14(10-11)18-24(20,21)13-7-5-12(23-3)6-8-13/h4-10,18H,1-3H3,(H,17,19). The number of methoxy groups -OCH3 is 1. The van der Waals surface area contributed by atoms with Crippen molar-refractivity contribution >= 4 is 33.4 Å². The van der Waals surface area contributed by atoms with E-state index in [0.29, 0.717) is 11.3 Å². The number of nitrogens with one attached hydrogen (secondary N) is 2. The molecule has 0 bridgehead atoms. The Morgan fingerprint density at radius 2 is 1.79 bits per heavy atom. The van der Waals surface area contributed by atoms with E-state index in [1.807, 2.05) is 6.26 Å². The van der Waals surface area contributed by atoms with E-state index in [1.165, 1.54) is 44.1 Å². The van der Waals surface area contributed by atoms with Gasteiger partial charge in [-0.15, -0.1) is 11.8 Å². The Balaban J connectivity index is 2.38. The van der Waals surface area contributed by atoms with Gasteiger partial charge in [-0.3, -0.25) is 9.52 Å². The second-order valence-electron chi connectivity index (χ2n) is 4.78. The Morgan fingerprint density at radius 1 is 1.12 bits per heavy atom. The summed E-state index contributed by atoms with van der Waals surface area (Å²) in [4.78, 5) is 12.8. The van der Waals surface area contributed by atoms with Crippen molar-refractivity contribution in [1.29, 1.82) is 0 Å². The molecule has 24 heavy (non-hydrogen) atoms. The fourth-order valence-corrected chi connectivity index (χ4v) is 3.50. The first-order valence-electron chi connectivity index (χ1n) is 6.98. The zero-order valence-corrected chi connectivity index (χ0v) is 15.1. The van der Waals surface area contributed by atoms with Crippen LogP contribution in [0.3, 0.4) is 0 Å². The summed E-state index contributed by atoms with van der Waals surface area (Å²) in [6.45, 7) is 0. The molecule has 0 aliphatic carbocycles. The summed E-state index contributed by atoms with van der Waals surface area (Å²) in [7, 11) is -0.857. The second-order valence-corrected chi connectivity index (χ2v) is 7.34. The first-order chi connectivity index (χ1) is 11.4. The molecular weight excluding hydrogens is 348 g/mol. The predicted molar refractivity (Wildman–Crippen MR) is 95.4 cm³/mol. The summed E-state index contributed by atoms with van der Waals surface area (Å²) in [5.41, 5.74) is 0.529. The fraction of sp³-hybridized carbons (Fsp3) is 0.188. The molecular formula is C16H18N2O4S2. The number of hydrogen-bond donors (Lipinski definition) is 2. The van der Waals surface area contributed by atoms with Gasteiger partial charge in [-0.25, -0.2) is 8.42 Å². The van der Waals surface area contributed by atoms with Crippen molar-refractivity contribution in [2.45, 2.75) is 9.79 Å². The van der Waals surface area contributed by atoms with E-state index in [-0.39, 0.29) is 16.5 Å². The van der Waals surface area contributed by atoms with Crippen LogP contribution in [0.4, 0.5) is 5.69 Å². The smallest absolute Gasteiger partial charge is 0.262 e. The maximum atomic E-state index is 12.5.